The zero-order valence-electron chi connectivity index (χ0n) is 4.99. The van der Waals surface area contributed by atoms with Gasteiger partial charge < -0.3 is 0 Å². The fourth-order valence-corrected chi connectivity index (χ4v) is 1.94. The predicted molar refractivity (Wildman–Crippen MR) is 32.6 cm³/mol. The Hall–Kier alpha value is 0.870. The zero-order valence-corrected chi connectivity index (χ0v) is 8.29. The molecule has 0 saturated carbocycles. The van der Waals surface area contributed by atoms with Gasteiger partial charge in [0, 0.05) is 0 Å². The molecule has 0 rings (SSSR count). The van der Waals surface area contributed by atoms with E-state index in [-0.39, 0.29) is 0 Å². The molecule has 0 fully saturated rings. The second-order valence-electron chi connectivity index (χ2n) is 1.92. The van der Waals surface area contributed by atoms with Gasteiger partial charge in [-0.3, -0.25) is 0 Å². The van der Waals surface area contributed by atoms with Crippen molar-refractivity contribution < 1.29 is 0 Å². The Balaban J connectivity index is 2.75. The molecule has 0 nitrogen and oxygen atoms in total. The van der Waals surface area contributed by atoms with E-state index >= 15 is 0 Å². The SMILES string of the molecule is C[CH2][In]([CH3])[CH2]C. The summed E-state index contributed by atoms with van der Waals surface area (Å²) >= 11 is -0.721. The molecule has 0 aromatic rings. The second-order valence-corrected chi connectivity index (χ2v) is 12.9. The van der Waals surface area contributed by atoms with E-state index in [1.807, 2.05) is 0 Å². The summed E-state index contributed by atoms with van der Waals surface area (Å²) in [6.07, 6.45) is 0. The molecule has 0 spiro atoms. The van der Waals surface area contributed by atoms with Crippen LogP contribution >= 0.6 is 0 Å². The van der Waals surface area contributed by atoms with E-state index in [1.165, 1.54) is 8.35 Å². The Morgan fingerprint density at radius 1 is 1.17 bits per heavy atom. The summed E-state index contributed by atoms with van der Waals surface area (Å²) in [5.74, 6) is 0. The maximum atomic E-state index is 2.49. The third-order valence-corrected chi connectivity index (χ3v) is 9.35. The Labute approximate surface area is 48.5 Å². The van der Waals surface area contributed by atoms with Gasteiger partial charge in [-0.05, 0) is 0 Å². The zero-order chi connectivity index (χ0) is 4.99. The van der Waals surface area contributed by atoms with Gasteiger partial charge in [0.1, 0.15) is 0 Å². The summed E-state index contributed by atoms with van der Waals surface area (Å²) in [6, 6.07) is 0. The van der Waals surface area contributed by atoms with Crippen LogP contribution in [0.15, 0.2) is 0 Å². The van der Waals surface area contributed by atoms with Crippen molar-refractivity contribution >= 4 is 21.4 Å². The van der Waals surface area contributed by atoms with Crippen LogP contribution in [0.1, 0.15) is 13.8 Å². The molecular weight excluding hydrogens is 175 g/mol. The van der Waals surface area contributed by atoms with E-state index in [2.05, 4.69) is 18.5 Å². The van der Waals surface area contributed by atoms with Gasteiger partial charge in [0.25, 0.3) is 0 Å². The van der Waals surface area contributed by atoms with Gasteiger partial charge >= 0.3 is 48.3 Å². The molecule has 6 heavy (non-hydrogen) atoms. The van der Waals surface area contributed by atoms with Crippen LogP contribution in [-0.2, 0) is 0 Å². The first-order valence-corrected chi connectivity index (χ1v) is 10.8. The molecule has 0 unspecified atom stereocenters. The van der Waals surface area contributed by atoms with Crippen molar-refractivity contribution in [1.29, 1.82) is 0 Å². The standard InChI is InChI=1S/2C2H5.CH3.In/c2*1-2;;/h2*1H2,2H3;1H3;. The molecule has 0 aliphatic carbocycles. The topological polar surface area (TPSA) is 0 Å². The predicted octanol–water partition coefficient (Wildman–Crippen LogP) is 2.15. The van der Waals surface area contributed by atoms with E-state index in [4.69, 9.17) is 0 Å². The molecule has 0 aromatic carbocycles. The number of rotatable bonds is 2. The van der Waals surface area contributed by atoms with Crippen molar-refractivity contribution in [2.75, 3.05) is 0 Å². The van der Waals surface area contributed by atoms with Gasteiger partial charge in [-0.25, -0.2) is 0 Å². The van der Waals surface area contributed by atoms with Crippen LogP contribution in [-0.4, -0.2) is 21.4 Å². The average molecular weight is 188 g/mol. The van der Waals surface area contributed by atoms with E-state index in [0.717, 1.165) is 0 Å². The summed E-state index contributed by atoms with van der Waals surface area (Å²) in [6.45, 7) is 4.65. The maximum absolute atomic E-state index is 2.49. The summed E-state index contributed by atoms with van der Waals surface area (Å²) < 4.78 is 5.57. The molecule has 0 atom stereocenters. The van der Waals surface area contributed by atoms with Crippen molar-refractivity contribution in [3.8, 4) is 0 Å². The number of hydrogen-bond donors (Lipinski definition) is 0. The van der Waals surface area contributed by atoms with Crippen molar-refractivity contribution in [3.63, 3.8) is 0 Å². The summed E-state index contributed by atoms with van der Waals surface area (Å²) in [7, 11) is 0. The molecule has 0 radical (unpaired) electrons. The first-order chi connectivity index (χ1) is 2.81. The van der Waals surface area contributed by atoms with Gasteiger partial charge in [0.2, 0.25) is 0 Å². The van der Waals surface area contributed by atoms with Crippen molar-refractivity contribution in [2.24, 2.45) is 0 Å². The van der Waals surface area contributed by atoms with Crippen molar-refractivity contribution in [2.45, 2.75) is 26.9 Å². The number of hydrogen-bond acceptors (Lipinski definition) is 0. The van der Waals surface area contributed by atoms with Gasteiger partial charge in [0.15, 0.2) is 0 Å². The minimum atomic E-state index is -0.721. The Bertz CT molecular complexity index is 23.1. The minimum absolute atomic E-state index is 0.721. The monoisotopic (exact) mass is 188 g/mol. The van der Waals surface area contributed by atoms with Gasteiger partial charge in [-0.2, -0.15) is 0 Å². The van der Waals surface area contributed by atoms with E-state index < -0.39 is 21.4 Å². The third-order valence-electron chi connectivity index (χ3n) is 1.39. The fourth-order valence-electron chi connectivity index (χ4n) is 0.289. The molecule has 0 saturated heterocycles. The van der Waals surface area contributed by atoms with Crippen molar-refractivity contribution in [1.82, 2.24) is 0 Å². The third kappa shape index (κ3) is 3.08. The summed E-state index contributed by atoms with van der Waals surface area (Å²) in [5.41, 5.74) is 0. The molecule has 0 aromatic heterocycles. The molecule has 0 aliphatic rings. The van der Waals surface area contributed by atoms with Gasteiger partial charge in [0.05, 0.1) is 0 Å². The van der Waals surface area contributed by atoms with Crippen molar-refractivity contribution in [3.05, 3.63) is 0 Å². The molecule has 1 heteroatoms. The Morgan fingerprint density at radius 2 is 1.50 bits per heavy atom. The molecular formula is C5H13In. The Kier molecular flexibility index (Phi) is 4.63. The van der Waals surface area contributed by atoms with E-state index in [9.17, 15) is 0 Å². The van der Waals surface area contributed by atoms with Crippen LogP contribution in [0.3, 0.4) is 0 Å². The van der Waals surface area contributed by atoms with Gasteiger partial charge in [-0.15, -0.1) is 0 Å². The van der Waals surface area contributed by atoms with Crippen LogP contribution < -0.4 is 0 Å². The molecule has 0 amide bonds. The fraction of sp³-hybridized carbons (Fsp3) is 1.00. The first kappa shape index (κ1) is 6.87. The summed E-state index contributed by atoms with van der Waals surface area (Å²) in [4.78, 5) is 0. The van der Waals surface area contributed by atoms with Gasteiger partial charge in [-0.1, -0.05) is 0 Å². The molecule has 0 N–H and O–H groups in total. The molecule has 0 heterocycles. The molecule has 0 bridgehead atoms. The van der Waals surface area contributed by atoms with E-state index in [1.54, 1.807) is 0 Å². The van der Waals surface area contributed by atoms with Crippen LogP contribution in [0.5, 0.6) is 0 Å². The molecule has 0 aliphatic heterocycles. The quantitative estimate of drug-likeness (QED) is 0.622. The van der Waals surface area contributed by atoms with Crippen LogP contribution in [0.2, 0.25) is 13.0 Å². The molecule has 36 valence electrons. The Morgan fingerprint density at radius 3 is 1.50 bits per heavy atom. The first-order valence-electron chi connectivity index (χ1n) is 2.81. The van der Waals surface area contributed by atoms with Crippen LogP contribution in [0, 0.1) is 0 Å². The summed E-state index contributed by atoms with van der Waals surface area (Å²) in [5, 5.41) is 0. The normalized spacial score (nSPS) is 8.50. The van der Waals surface area contributed by atoms with Crippen LogP contribution in [0.25, 0.3) is 0 Å². The van der Waals surface area contributed by atoms with E-state index in [0.29, 0.717) is 0 Å². The average Bonchev–Trinajstić information content (AvgIpc) is 1.65. The van der Waals surface area contributed by atoms with Crippen LogP contribution in [0.4, 0.5) is 0 Å². The second kappa shape index (κ2) is 4.04.